The van der Waals surface area contributed by atoms with Crippen LogP contribution < -0.4 is 10.2 Å². The molecule has 4 aromatic rings. The molecular weight excluding hydrogens is 464 g/mol. The largest absolute Gasteiger partial charge is 0.379 e. The lowest BCUT2D eigenvalue weighted by atomic mass is 10.0. The van der Waals surface area contributed by atoms with Crippen molar-refractivity contribution in [2.75, 3.05) is 49.6 Å². The highest BCUT2D eigenvalue weighted by Gasteiger charge is 2.26. The molecule has 8 nitrogen and oxygen atoms in total. The molecule has 0 aliphatic carbocycles. The lowest BCUT2D eigenvalue weighted by Gasteiger charge is -2.40. The monoisotopic (exact) mass is 491 g/mol. The second-order valence-electron chi connectivity index (χ2n) is 9.11. The maximum atomic E-state index is 14.4. The molecule has 2 aromatic heterocycles. The van der Waals surface area contributed by atoms with Gasteiger partial charge < -0.3 is 15.0 Å². The minimum absolute atomic E-state index is 0.0409. The topological polar surface area (TPSA) is 70.8 Å². The first-order valence-electron chi connectivity index (χ1n) is 12.3. The minimum atomic E-state index is -0.716. The number of morpholine rings is 1. The van der Waals surface area contributed by atoms with Gasteiger partial charge in [0.05, 0.1) is 25.0 Å². The maximum absolute atomic E-state index is 14.4. The van der Waals surface area contributed by atoms with Gasteiger partial charge in [-0.05, 0) is 49.2 Å². The van der Waals surface area contributed by atoms with Crippen LogP contribution in [0.15, 0.2) is 54.7 Å². The third kappa shape index (κ3) is 4.49. The van der Waals surface area contributed by atoms with E-state index in [2.05, 4.69) is 42.3 Å². The number of nitrogens with one attached hydrogen (secondary N) is 1. The number of piperidine rings is 1. The van der Waals surface area contributed by atoms with Crippen LogP contribution in [0.2, 0.25) is 0 Å². The number of rotatable bonds is 5. The van der Waals surface area contributed by atoms with Crippen molar-refractivity contribution in [3.63, 3.8) is 0 Å². The highest BCUT2D eigenvalue weighted by atomic mass is 19.1. The van der Waals surface area contributed by atoms with Gasteiger partial charge in [-0.2, -0.15) is 14.6 Å². The fraction of sp³-hybridized carbons (Fsp3) is 0.346. The van der Waals surface area contributed by atoms with Gasteiger partial charge in [0.25, 0.3) is 0 Å². The Hall–Kier alpha value is -3.63. The molecule has 2 aliphatic rings. The quantitative estimate of drug-likeness (QED) is 0.451. The maximum Gasteiger partial charge on any atom is 0.232 e. The first kappa shape index (κ1) is 22.8. The summed E-state index contributed by atoms with van der Waals surface area (Å²) in [5, 5.41) is 7.48. The Labute approximate surface area is 207 Å². The summed E-state index contributed by atoms with van der Waals surface area (Å²) in [4.78, 5) is 13.7. The van der Waals surface area contributed by atoms with Gasteiger partial charge >= 0.3 is 0 Å². The predicted octanol–water partition coefficient (Wildman–Crippen LogP) is 4.11. The van der Waals surface area contributed by atoms with Gasteiger partial charge in [-0.25, -0.2) is 13.8 Å². The number of fused-ring (bicyclic) bond motifs is 1. The van der Waals surface area contributed by atoms with E-state index >= 15 is 0 Å². The SMILES string of the molecule is Fc1cccc(F)c1-c1nc(Nc2ccc(N3CCC(N4CCOCC4)CC3)cc2)n2nccc2n1. The molecule has 0 amide bonds. The van der Waals surface area contributed by atoms with Gasteiger partial charge in [-0.1, -0.05) is 6.07 Å². The van der Waals surface area contributed by atoms with E-state index in [0.717, 1.165) is 57.9 Å². The third-order valence-corrected chi connectivity index (χ3v) is 6.96. The standard InChI is InChI=1S/C26H27F2N7O/c27-21-2-1-3-22(28)24(21)25-31-23-8-11-29-35(23)26(32-25)30-18-4-6-19(7-5-18)33-12-9-20(10-13-33)34-14-16-36-17-15-34/h1-8,11,20H,9-10,12-17H2,(H,30,31,32). The van der Waals surface area contributed by atoms with Crippen molar-refractivity contribution in [3.05, 3.63) is 66.4 Å². The van der Waals surface area contributed by atoms with Crippen LogP contribution in [0.1, 0.15) is 12.8 Å². The molecule has 2 saturated heterocycles. The van der Waals surface area contributed by atoms with Crippen molar-refractivity contribution >= 4 is 23.0 Å². The van der Waals surface area contributed by atoms with Crippen molar-refractivity contribution < 1.29 is 13.5 Å². The Morgan fingerprint density at radius 3 is 2.31 bits per heavy atom. The lowest BCUT2D eigenvalue weighted by Crippen LogP contribution is -2.49. The van der Waals surface area contributed by atoms with E-state index in [1.54, 1.807) is 12.3 Å². The van der Waals surface area contributed by atoms with Crippen molar-refractivity contribution in [1.82, 2.24) is 24.5 Å². The van der Waals surface area contributed by atoms with E-state index in [4.69, 9.17) is 4.74 Å². The number of aromatic nitrogens is 4. The smallest absolute Gasteiger partial charge is 0.232 e. The molecule has 0 unspecified atom stereocenters. The van der Waals surface area contributed by atoms with E-state index in [9.17, 15) is 8.78 Å². The number of hydrogen-bond donors (Lipinski definition) is 1. The molecule has 1 N–H and O–H groups in total. The zero-order valence-electron chi connectivity index (χ0n) is 19.8. The molecule has 4 heterocycles. The van der Waals surface area contributed by atoms with Crippen molar-refractivity contribution in [3.8, 4) is 11.4 Å². The summed E-state index contributed by atoms with van der Waals surface area (Å²) >= 11 is 0. The van der Waals surface area contributed by atoms with Crippen molar-refractivity contribution in [2.24, 2.45) is 0 Å². The Morgan fingerprint density at radius 1 is 0.861 bits per heavy atom. The van der Waals surface area contributed by atoms with Crippen LogP contribution in [0.5, 0.6) is 0 Å². The average molecular weight is 492 g/mol. The fourth-order valence-electron chi connectivity index (χ4n) is 5.05. The highest BCUT2D eigenvalue weighted by Crippen LogP contribution is 2.28. The summed E-state index contributed by atoms with van der Waals surface area (Å²) < 4.78 is 35.8. The van der Waals surface area contributed by atoms with Gasteiger partial charge in [-0.3, -0.25) is 4.90 Å². The van der Waals surface area contributed by atoms with E-state index < -0.39 is 11.6 Å². The first-order chi connectivity index (χ1) is 17.7. The zero-order valence-corrected chi connectivity index (χ0v) is 19.8. The lowest BCUT2D eigenvalue weighted by molar-refractivity contribution is 0.0115. The molecule has 36 heavy (non-hydrogen) atoms. The molecule has 2 fully saturated rings. The molecule has 0 spiro atoms. The van der Waals surface area contributed by atoms with Crippen LogP contribution in [0.4, 0.5) is 26.1 Å². The normalized spacial score (nSPS) is 17.6. The van der Waals surface area contributed by atoms with Crippen LogP contribution in [0.3, 0.4) is 0 Å². The summed E-state index contributed by atoms with van der Waals surface area (Å²) in [6.45, 7) is 5.77. The minimum Gasteiger partial charge on any atom is -0.379 e. The van der Waals surface area contributed by atoms with E-state index in [-0.39, 0.29) is 11.4 Å². The number of anilines is 3. The van der Waals surface area contributed by atoms with E-state index in [1.165, 1.54) is 28.4 Å². The molecule has 0 saturated carbocycles. The molecule has 2 aromatic carbocycles. The molecule has 186 valence electrons. The Bertz CT molecular complexity index is 1330. The van der Waals surface area contributed by atoms with Crippen molar-refractivity contribution in [2.45, 2.75) is 18.9 Å². The first-order valence-corrected chi connectivity index (χ1v) is 12.3. The number of ether oxygens (including phenoxy) is 1. The number of hydrogen-bond acceptors (Lipinski definition) is 7. The van der Waals surface area contributed by atoms with Crippen molar-refractivity contribution in [1.29, 1.82) is 0 Å². The van der Waals surface area contributed by atoms with Gasteiger partial charge in [0.15, 0.2) is 11.5 Å². The second kappa shape index (κ2) is 9.79. The fourth-order valence-corrected chi connectivity index (χ4v) is 5.05. The Kier molecular flexibility index (Phi) is 6.20. The van der Waals surface area contributed by atoms with Gasteiger partial charge in [0, 0.05) is 49.7 Å². The van der Waals surface area contributed by atoms with Gasteiger partial charge in [0.1, 0.15) is 11.6 Å². The number of benzene rings is 2. The molecule has 6 rings (SSSR count). The predicted molar refractivity (Wildman–Crippen MR) is 133 cm³/mol. The molecule has 2 aliphatic heterocycles. The van der Waals surface area contributed by atoms with E-state index in [1.807, 2.05) is 12.1 Å². The zero-order chi connectivity index (χ0) is 24.5. The Morgan fingerprint density at radius 2 is 1.58 bits per heavy atom. The molecule has 0 radical (unpaired) electrons. The molecule has 0 bridgehead atoms. The van der Waals surface area contributed by atoms with Crippen LogP contribution in [0.25, 0.3) is 17.0 Å². The molecule has 10 heteroatoms. The number of halogens is 2. The number of nitrogens with zero attached hydrogens (tertiary/aromatic N) is 6. The van der Waals surface area contributed by atoms with Gasteiger partial charge in [-0.15, -0.1) is 0 Å². The van der Waals surface area contributed by atoms with Gasteiger partial charge in [0.2, 0.25) is 5.95 Å². The van der Waals surface area contributed by atoms with Crippen LogP contribution in [-0.2, 0) is 4.74 Å². The summed E-state index contributed by atoms with van der Waals surface area (Å²) in [6, 6.07) is 14.1. The van der Waals surface area contributed by atoms with Crippen LogP contribution >= 0.6 is 0 Å². The molecule has 0 atom stereocenters. The molecular formula is C26H27F2N7O. The van der Waals surface area contributed by atoms with Crippen LogP contribution in [0, 0.1) is 11.6 Å². The second-order valence-corrected chi connectivity index (χ2v) is 9.11. The average Bonchev–Trinajstić information content (AvgIpc) is 3.39. The summed E-state index contributed by atoms with van der Waals surface area (Å²) in [7, 11) is 0. The highest BCUT2D eigenvalue weighted by molar-refractivity contribution is 5.65. The summed E-state index contributed by atoms with van der Waals surface area (Å²) in [6.07, 6.45) is 3.86. The van der Waals surface area contributed by atoms with E-state index in [0.29, 0.717) is 17.6 Å². The summed E-state index contributed by atoms with van der Waals surface area (Å²) in [5.74, 6) is -1.15. The Balaban J connectivity index is 1.19. The van der Waals surface area contributed by atoms with Crippen LogP contribution in [-0.4, -0.2) is 69.9 Å². The summed E-state index contributed by atoms with van der Waals surface area (Å²) in [5.41, 5.74) is 2.13. The third-order valence-electron chi connectivity index (χ3n) is 6.96.